The predicted molar refractivity (Wildman–Crippen MR) is 52.3 cm³/mol. The Kier molecular flexibility index (Phi) is 3.31. The molecule has 0 spiro atoms. The van der Waals surface area contributed by atoms with E-state index in [1.807, 2.05) is 7.05 Å². The van der Waals surface area contributed by atoms with Crippen molar-refractivity contribution in [2.24, 2.45) is 7.05 Å². The van der Waals surface area contributed by atoms with Crippen molar-refractivity contribution in [1.82, 2.24) is 9.78 Å². The van der Waals surface area contributed by atoms with Crippen molar-refractivity contribution in [2.75, 3.05) is 12.8 Å². The first-order chi connectivity index (χ1) is 6.20. The Bertz CT molecular complexity index is 281. The van der Waals surface area contributed by atoms with Crippen molar-refractivity contribution in [3.8, 4) is 0 Å². The summed E-state index contributed by atoms with van der Waals surface area (Å²) < 4.78 is 6.76. The van der Waals surface area contributed by atoms with Gasteiger partial charge in [-0.3, -0.25) is 4.68 Å². The first-order valence-corrected chi connectivity index (χ1v) is 4.49. The fourth-order valence-corrected chi connectivity index (χ4v) is 1.41. The zero-order chi connectivity index (χ0) is 9.84. The third kappa shape index (κ3) is 2.01. The Hall–Kier alpha value is -1.03. The molecular formula is C9H17N3O. The Morgan fingerprint density at radius 3 is 2.77 bits per heavy atom. The molecule has 1 aromatic heterocycles. The van der Waals surface area contributed by atoms with Gasteiger partial charge in [0, 0.05) is 19.7 Å². The number of hydrogen-bond acceptors (Lipinski definition) is 3. The van der Waals surface area contributed by atoms with E-state index in [4.69, 9.17) is 10.5 Å². The van der Waals surface area contributed by atoms with E-state index in [1.165, 1.54) is 0 Å². The molecule has 0 aliphatic rings. The fourth-order valence-electron chi connectivity index (χ4n) is 1.41. The number of nitrogens with zero attached hydrogens (tertiary/aromatic N) is 2. The summed E-state index contributed by atoms with van der Waals surface area (Å²) in [7, 11) is 3.52. The van der Waals surface area contributed by atoms with Crippen LogP contribution in [0.15, 0.2) is 0 Å². The number of nitrogens with two attached hydrogens (primary N) is 1. The molecule has 74 valence electrons. The Balaban J connectivity index is 2.96. The van der Waals surface area contributed by atoms with Crippen LogP contribution in [0.1, 0.15) is 24.6 Å². The predicted octanol–water partition coefficient (Wildman–Crippen LogP) is 1.10. The molecule has 0 bridgehead atoms. The largest absolute Gasteiger partial charge is 0.384 e. The van der Waals surface area contributed by atoms with Gasteiger partial charge in [0.15, 0.2) is 0 Å². The molecule has 0 unspecified atom stereocenters. The Morgan fingerprint density at radius 1 is 1.54 bits per heavy atom. The topological polar surface area (TPSA) is 53.1 Å². The Morgan fingerprint density at radius 2 is 2.23 bits per heavy atom. The minimum atomic E-state index is 0.542. The maximum atomic E-state index is 5.86. The summed E-state index contributed by atoms with van der Waals surface area (Å²) in [5.41, 5.74) is 7.96. The normalized spacial score (nSPS) is 10.7. The van der Waals surface area contributed by atoms with Crippen LogP contribution in [-0.4, -0.2) is 16.9 Å². The van der Waals surface area contributed by atoms with Crippen molar-refractivity contribution in [3.05, 3.63) is 11.3 Å². The number of anilines is 1. The lowest BCUT2D eigenvalue weighted by Crippen LogP contribution is -1.99. The molecular weight excluding hydrogens is 166 g/mol. The van der Waals surface area contributed by atoms with Crippen LogP contribution in [0.5, 0.6) is 0 Å². The second kappa shape index (κ2) is 4.28. The molecule has 0 saturated heterocycles. The Labute approximate surface area is 78.7 Å². The maximum absolute atomic E-state index is 5.86. The first kappa shape index (κ1) is 10.1. The SMILES string of the molecule is CCCc1c(COC)nn(C)c1N. The van der Waals surface area contributed by atoms with Gasteiger partial charge in [0.25, 0.3) is 0 Å². The molecule has 13 heavy (non-hydrogen) atoms. The molecule has 1 heterocycles. The number of rotatable bonds is 4. The molecule has 0 amide bonds. The summed E-state index contributed by atoms with van der Waals surface area (Å²) in [6, 6.07) is 0. The van der Waals surface area contributed by atoms with Gasteiger partial charge < -0.3 is 10.5 Å². The van der Waals surface area contributed by atoms with E-state index in [9.17, 15) is 0 Å². The van der Waals surface area contributed by atoms with Gasteiger partial charge in [0.2, 0.25) is 0 Å². The fraction of sp³-hybridized carbons (Fsp3) is 0.667. The van der Waals surface area contributed by atoms with E-state index in [-0.39, 0.29) is 0 Å². The van der Waals surface area contributed by atoms with Crippen LogP contribution in [0.25, 0.3) is 0 Å². The summed E-state index contributed by atoms with van der Waals surface area (Å²) in [6.07, 6.45) is 2.05. The lowest BCUT2D eigenvalue weighted by atomic mass is 10.1. The molecule has 0 aliphatic heterocycles. The van der Waals surface area contributed by atoms with E-state index < -0.39 is 0 Å². The van der Waals surface area contributed by atoms with Gasteiger partial charge in [-0.05, 0) is 6.42 Å². The standard InChI is InChI=1S/C9H17N3O/c1-4-5-7-8(6-13-3)11-12(2)9(7)10/h4-6,10H2,1-3H3. The molecule has 2 N–H and O–H groups in total. The highest BCUT2D eigenvalue weighted by atomic mass is 16.5. The lowest BCUT2D eigenvalue weighted by molar-refractivity contribution is 0.180. The third-order valence-corrected chi connectivity index (χ3v) is 2.06. The number of aryl methyl sites for hydroxylation is 1. The molecule has 0 atom stereocenters. The second-order valence-corrected chi connectivity index (χ2v) is 3.12. The summed E-state index contributed by atoms with van der Waals surface area (Å²) in [5, 5.41) is 4.29. The van der Waals surface area contributed by atoms with E-state index in [1.54, 1.807) is 11.8 Å². The van der Waals surface area contributed by atoms with Gasteiger partial charge in [-0.15, -0.1) is 0 Å². The van der Waals surface area contributed by atoms with Crippen LogP contribution in [-0.2, 0) is 24.8 Å². The van der Waals surface area contributed by atoms with Crippen molar-refractivity contribution in [2.45, 2.75) is 26.4 Å². The number of hydrogen-bond donors (Lipinski definition) is 1. The highest BCUT2D eigenvalue weighted by Crippen LogP contribution is 2.18. The van der Waals surface area contributed by atoms with Gasteiger partial charge >= 0.3 is 0 Å². The summed E-state index contributed by atoms with van der Waals surface area (Å²) in [4.78, 5) is 0. The molecule has 1 aromatic rings. The average Bonchev–Trinajstić information content (AvgIpc) is 2.34. The van der Waals surface area contributed by atoms with Crippen LogP contribution >= 0.6 is 0 Å². The molecule has 4 heteroatoms. The van der Waals surface area contributed by atoms with Gasteiger partial charge in [-0.25, -0.2) is 0 Å². The monoisotopic (exact) mass is 183 g/mol. The number of nitrogen functional groups attached to an aromatic ring is 1. The van der Waals surface area contributed by atoms with Crippen molar-refractivity contribution >= 4 is 5.82 Å². The first-order valence-electron chi connectivity index (χ1n) is 4.49. The van der Waals surface area contributed by atoms with E-state index in [0.717, 1.165) is 29.9 Å². The molecule has 4 nitrogen and oxygen atoms in total. The summed E-state index contributed by atoms with van der Waals surface area (Å²) in [5.74, 6) is 0.758. The molecule has 0 fully saturated rings. The highest BCUT2D eigenvalue weighted by molar-refractivity contribution is 5.43. The molecule has 0 aromatic carbocycles. The van der Waals surface area contributed by atoms with Crippen LogP contribution in [0.3, 0.4) is 0 Å². The lowest BCUT2D eigenvalue weighted by Gasteiger charge is -2.00. The maximum Gasteiger partial charge on any atom is 0.124 e. The second-order valence-electron chi connectivity index (χ2n) is 3.12. The number of methoxy groups -OCH3 is 1. The van der Waals surface area contributed by atoms with Gasteiger partial charge in [0.05, 0.1) is 12.3 Å². The van der Waals surface area contributed by atoms with E-state index in [0.29, 0.717) is 6.61 Å². The number of aromatic nitrogens is 2. The van der Waals surface area contributed by atoms with E-state index >= 15 is 0 Å². The molecule has 0 aliphatic carbocycles. The molecule has 0 saturated carbocycles. The van der Waals surface area contributed by atoms with E-state index in [2.05, 4.69) is 12.0 Å². The van der Waals surface area contributed by atoms with Crippen LogP contribution < -0.4 is 5.73 Å². The zero-order valence-electron chi connectivity index (χ0n) is 8.50. The highest BCUT2D eigenvalue weighted by Gasteiger charge is 2.11. The average molecular weight is 183 g/mol. The zero-order valence-corrected chi connectivity index (χ0v) is 8.50. The minimum absolute atomic E-state index is 0.542. The van der Waals surface area contributed by atoms with Crippen molar-refractivity contribution in [1.29, 1.82) is 0 Å². The number of ether oxygens (including phenoxy) is 1. The van der Waals surface area contributed by atoms with Crippen LogP contribution in [0.4, 0.5) is 5.82 Å². The van der Waals surface area contributed by atoms with Gasteiger partial charge in [-0.2, -0.15) is 5.10 Å². The third-order valence-electron chi connectivity index (χ3n) is 2.06. The molecule has 1 rings (SSSR count). The van der Waals surface area contributed by atoms with Crippen LogP contribution in [0.2, 0.25) is 0 Å². The minimum Gasteiger partial charge on any atom is -0.384 e. The van der Waals surface area contributed by atoms with Gasteiger partial charge in [-0.1, -0.05) is 13.3 Å². The van der Waals surface area contributed by atoms with Gasteiger partial charge in [0.1, 0.15) is 5.82 Å². The van der Waals surface area contributed by atoms with Crippen molar-refractivity contribution < 1.29 is 4.74 Å². The summed E-state index contributed by atoms with van der Waals surface area (Å²) >= 11 is 0. The van der Waals surface area contributed by atoms with Crippen LogP contribution in [0, 0.1) is 0 Å². The smallest absolute Gasteiger partial charge is 0.124 e. The van der Waals surface area contributed by atoms with Crippen molar-refractivity contribution in [3.63, 3.8) is 0 Å². The quantitative estimate of drug-likeness (QED) is 0.760. The summed E-state index contributed by atoms with van der Waals surface area (Å²) in [6.45, 7) is 2.67. The molecule has 0 radical (unpaired) electrons.